The van der Waals surface area contributed by atoms with E-state index < -0.39 is 9.84 Å². The van der Waals surface area contributed by atoms with Crippen molar-refractivity contribution in [3.8, 4) is 11.5 Å². The summed E-state index contributed by atoms with van der Waals surface area (Å²) < 4.78 is 35.0. The Morgan fingerprint density at radius 1 is 1.17 bits per heavy atom. The van der Waals surface area contributed by atoms with Crippen LogP contribution in [0, 0.1) is 0 Å². The van der Waals surface area contributed by atoms with Gasteiger partial charge in [0.25, 0.3) is 0 Å². The van der Waals surface area contributed by atoms with Crippen LogP contribution < -0.4 is 14.8 Å². The fourth-order valence-corrected chi connectivity index (χ4v) is 3.66. The second kappa shape index (κ2) is 7.65. The lowest BCUT2D eigenvalue weighted by Crippen LogP contribution is -2.46. The molecule has 0 spiro atoms. The summed E-state index contributed by atoms with van der Waals surface area (Å²) in [6.45, 7) is 2.73. The highest BCUT2D eigenvalue weighted by Crippen LogP contribution is 2.29. The molecular formula is C15H22N2O5S. The molecule has 0 bridgehead atoms. The second-order valence-electron chi connectivity index (χ2n) is 5.22. The van der Waals surface area contributed by atoms with E-state index in [1.54, 1.807) is 11.0 Å². The van der Waals surface area contributed by atoms with Crippen molar-refractivity contribution in [3.63, 3.8) is 0 Å². The zero-order chi connectivity index (χ0) is 16.9. The Hall–Kier alpha value is -1.80. The van der Waals surface area contributed by atoms with Crippen LogP contribution in [0.5, 0.6) is 11.5 Å². The molecule has 1 N–H and O–H groups in total. The molecule has 1 heterocycles. The standard InChI is InChI=1S/C15H22N2O5S/c1-21-13-4-3-12(11-14(13)22-2)23(19,20)10-5-15(18)17-8-6-16-7-9-17/h3-4,11,16H,5-10H2,1-2H3. The molecule has 0 aromatic heterocycles. The summed E-state index contributed by atoms with van der Waals surface area (Å²) in [5.41, 5.74) is 0. The summed E-state index contributed by atoms with van der Waals surface area (Å²) in [5, 5.41) is 3.15. The number of hydrogen-bond acceptors (Lipinski definition) is 6. The SMILES string of the molecule is COc1ccc(S(=O)(=O)CCC(=O)N2CCNCC2)cc1OC. The number of carbonyl (C=O) groups excluding carboxylic acids is 1. The summed E-state index contributed by atoms with van der Waals surface area (Å²) >= 11 is 0. The molecule has 1 fully saturated rings. The third-order valence-corrected chi connectivity index (χ3v) is 5.48. The predicted molar refractivity (Wildman–Crippen MR) is 85.7 cm³/mol. The molecule has 0 unspecified atom stereocenters. The van der Waals surface area contributed by atoms with Crippen molar-refractivity contribution in [1.82, 2.24) is 10.2 Å². The highest BCUT2D eigenvalue weighted by Gasteiger charge is 2.22. The second-order valence-corrected chi connectivity index (χ2v) is 7.33. The van der Waals surface area contributed by atoms with Gasteiger partial charge in [-0.2, -0.15) is 0 Å². The van der Waals surface area contributed by atoms with Gasteiger partial charge in [-0.05, 0) is 12.1 Å². The number of piperazine rings is 1. The van der Waals surface area contributed by atoms with Crippen LogP contribution in [0.1, 0.15) is 6.42 Å². The number of amides is 1. The average Bonchev–Trinajstić information content (AvgIpc) is 2.59. The van der Waals surface area contributed by atoms with E-state index >= 15 is 0 Å². The molecule has 1 aliphatic rings. The van der Waals surface area contributed by atoms with Gasteiger partial charge in [-0.3, -0.25) is 4.79 Å². The van der Waals surface area contributed by atoms with Gasteiger partial charge in [0.05, 0.1) is 24.9 Å². The lowest BCUT2D eigenvalue weighted by atomic mass is 10.3. The molecule has 0 aliphatic carbocycles. The van der Waals surface area contributed by atoms with Gasteiger partial charge < -0.3 is 19.7 Å². The monoisotopic (exact) mass is 342 g/mol. The Morgan fingerprint density at radius 3 is 2.43 bits per heavy atom. The van der Waals surface area contributed by atoms with E-state index in [4.69, 9.17) is 9.47 Å². The number of sulfone groups is 1. The topological polar surface area (TPSA) is 84.9 Å². The number of rotatable bonds is 6. The van der Waals surface area contributed by atoms with Gasteiger partial charge in [-0.15, -0.1) is 0 Å². The van der Waals surface area contributed by atoms with Gasteiger partial charge in [-0.1, -0.05) is 0 Å². The molecular weight excluding hydrogens is 320 g/mol. The minimum Gasteiger partial charge on any atom is -0.493 e. The fourth-order valence-electron chi connectivity index (χ4n) is 2.42. The maximum atomic E-state index is 12.4. The van der Waals surface area contributed by atoms with E-state index in [2.05, 4.69) is 5.32 Å². The zero-order valence-corrected chi connectivity index (χ0v) is 14.2. The number of hydrogen-bond donors (Lipinski definition) is 1. The molecule has 1 aliphatic heterocycles. The Bertz CT molecular complexity index is 654. The number of ether oxygens (including phenoxy) is 2. The fraction of sp³-hybridized carbons (Fsp3) is 0.533. The van der Waals surface area contributed by atoms with Crippen molar-refractivity contribution < 1.29 is 22.7 Å². The third-order valence-electron chi connectivity index (χ3n) is 3.77. The lowest BCUT2D eigenvalue weighted by molar-refractivity contribution is -0.131. The molecule has 1 saturated heterocycles. The molecule has 1 aromatic carbocycles. The Balaban J connectivity index is 2.05. The molecule has 1 aromatic rings. The highest BCUT2D eigenvalue weighted by molar-refractivity contribution is 7.91. The quantitative estimate of drug-likeness (QED) is 0.800. The van der Waals surface area contributed by atoms with E-state index in [0.29, 0.717) is 24.6 Å². The molecule has 8 heteroatoms. The molecule has 1 amide bonds. The first kappa shape index (κ1) is 17.6. The normalized spacial score (nSPS) is 15.3. The Morgan fingerprint density at radius 2 is 1.83 bits per heavy atom. The summed E-state index contributed by atoms with van der Waals surface area (Å²) in [4.78, 5) is 13.9. The number of carbonyl (C=O) groups is 1. The minimum absolute atomic E-state index is 0.0172. The number of benzene rings is 1. The summed E-state index contributed by atoms with van der Waals surface area (Å²) in [7, 11) is -0.619. The van der Waals surface area contributed by atoms with Crippen molar-refractivity contribution in [1.29, 1.82) is 0 Å². The van der Waals surface area contributed by atoms with Crippen LogP contribution in [-0.2, 0) is 14.6 Å². The highest BCUT2D eigenvalue weighted by atomic mass is 32.2. The molecule has 0 saturated carbocycles. The largest absolute Gasteiger partial charge is 0.493 e. The first-order chi connectivity index (χ1) is 11.0. The zero-order valence-electron chi connectivity index (χ0n) is 13.4. The van der Waals surface area contributed by atoms with Gasteiger partial charge in [0, 0.05) is 38.7 Å². The Labute approximate surface area is 136 Å². The van der Waals surface area contributed by atoms with Crippen molar-refractivity contribution in [3.05, 3.63) is 18.2 Å². The number of nitrogens with one attached hydrogen (secondary N) is 1. The first-order valence-corrected chi connectivity index (χ1v) is 9.06. The van der Waals surface area contributed by atoms with E-state index in [1.807, 2.05) is 0 Å². The summed E-state index contributed by atoms with van der Waals surface area (Å²) in [5.74, 6) is 0.464. The van der Waals surface area contributed by atoms with Gasteiger partial charge >= 0.3 is 0 Å². The van der Waals surface area contributed by atoms with Crippen molar-refractivity contribution >= 4 is 15.7 Å². The van der Waals surface area contributed by atoms with Gasteiger partial charge in [0.2, 0.25) is 5.91 Å². The van der Waals surface area contributed by atoms with Crippen molar-refractivity contribution in [2.75, 3.05) is 46.2 Å². The van der Waals surface area contributed by atoms with E-state index in [9.17, 15) is 13.2 Å². The smallest absolute Gasteiger partial charge is 0.223 e. The van der Waals surface area contributed by atoms with Crippen LogP contribution in [-0.4, -0.2) is 65.4 Å². The predicted octanol–water partition coefficient (Wildman–Crippen LogP) is 0.299. The van der Waals surface area contributed by atoms with Crippen LogP contribution in [0.4, 0.5) is 0 Å². The summed E-state index contributed by atoms with van der Waals surface area (Å²) in [6.07, 6.45) is -0.0172. The maximum Gasteiger partial charge on any atom is 0.223 e. The molecule has 2 rings (SSSR count). The molecule has 7 nitrogen and oxygen atoms in total. The third kappa shape index (κ3) is 4.35. The maximum absolute atomic E-state index is 12.4. The number of methoxy groups -OCH3 is 2. The molecule has 23 heavy (non-hydrogen) atoms. The van der Waals surface area contributed by atoms with Crippen LogP contribution in [0.2, 0.25) is 0 Å². The van der Waals surface area contributed by atoms with E-state index in [0.717, 1.165) is 13.1 Å². The van der Waals surface area contributed by atoms with Gasteiger partial charge in [0.15, 0.2) is 21.3 Å². The summed E-state index contributed by atoms with van der Waals surface area (Å²) in [6, 6.07) is 4.43. The van der Waals surface area contributed by atoms with E-state index in [1.165, 1.54) is 26.4 Å². The van der Waals surface area contributed by atoms with Gasteiger partial charge in [0.1, 0.15) is 0 Å². The van der Waals surface area contributed by atoms with Crippen LogP contribution in [0.15, 0.2) is 23.1 Å². The van der Waals surface area contributed by atoms with Gasteiger partial charge in [-0.25, -0.2) is 8.42 Å². The lowest BCUT2D eigenvalue weighted by Gasteiger charge is -2.27. The van der Waals surface area contributed by atoms with Crippen molar-refractivity contribution in [2.24, 2.45) is 0 Å². The van der Waals surface area contributed by atoms with Crippen molar-refractivity contribution in [2.45, 2.75) is 11.3 Å². The molecule has 0 atom stereocenters. The van der Waals surface area contributed by atoms with Crippen LogP contribution in [0.3, 0.4) is 0 Å². The first-order valence-electron chi connectivity index (χ1n) is 7.41. The van der Waals surface area contributed by atoms with E-state index in [-0.39, 0.29) is 23.0 Å². The average molecular weight is 342 g/mol. The molecule has 0 radical (unpaired) electrons. The van der Waals surface area contributed by atoms with Crippen LogP contribution in [0.25, 0.3) is 0 Å². The van der Waals surface area contributed by atoms with Crippen LogP contribution >= 0.6 is 0 Å². The Kier molecular flexibility index (Phi) is 5.84. The number of nitrogens with zero attached hydrogens (tertiary/aromatic N) is 1. The minimum atomic E-state index is -3.55. The molecule has 128 valence electrons.